The highest BCUT2D eigenvalue weighted by Gasteiger charge is 1.87. The summed E-state index contributed by atoms with van der Waals surface area (Å²) in [5.74, 6) is 0. The van der Waals surface area contributed by atoms with Crippen molar-refractivity contribution in [2.75, 3.05) is 0 Å². The summed E-state index contributed by atoms with van der Waals surface area (Å²) in [4.78, 5) is 0. The minimum absolute atomic E-state index is 1.06. The van der Waals surface area contributed by atoms with E-state index in [2.05, 4.69) is 0 Å². The minimum atomic E-state index is -1.78. The SMILES string of the molecule is C/C=C/C([O])[O]. The zero-order valence-corrected chi connectivity index (χ0v) is 3.55. The van der Waals surface area contributed by atoms with E-state index in [4.69, 9.17) is 0 Å². The van der Waals surface area contributed by atoms with Gasteiger partial charge in [0, 0.05) is 0 Å². The Bertz CT molecular complexity index is 47.5. The number of hydrogen-bond acceptors (Lipinski definition) is 0. The Balaban J connectivity index is 3.03. The van der Waals surface area contributed by atoms with E-state index in [1.54, 1.807) is 6.92 Å². The Hall–Kier alpha value is -0.340. The predicted octanol–water partition coefficient (Wildman–Crippen LogP) is 0.750. The summed E-state index contributed by atoms with van der Waals surface area (Å²) in [6.45, 7) is 1.64. The average molecular weight is 86.1 g/mol. The van der Waals surface area contributed by atoms with E-state index in [-0.39, 0.29) is 0 Å². The molecule has 0 rings (SSSR count). The van der Waals surface area contributed by atoms with Crippen LogP contribution in [0.3, 0.4) is 0 Å². The van der Waals surface area contributed by atoms with Gasteiger partial charge in [0.2, 0.25) is 6.29 Å². The zero-order valence-electron chi connectivity index (χ0n) is 3.55. The summed E-state index contributed by atoms with van der Waals surface area (Å²) < 4.78 is 0. The molecule has 0 spiro atoms. The second-order valence-electron chi connectivity index (χ2n) is 0.894. The van der Waals surface area contributed by atoms with Crippen molar-refractivity contribution >= 4 is 0 Å². The molecule has 6 heavy (non-hydrogen) atoms. The molecule has 0 aliphatic carbocycles. The van der Waals surface area contributed by atoms with Crippen LogP contribution in [0.1, 0.15) is 6.92 Å². The fourth-order valence-corrected chi connectivity index (χ4v) is 0.157. The molecule has 0 aliphatic heterocycles. The number of hydrogen-bond donors (Lipinski definition) is 0. The lowest BCUT2D eigenvalue weighted by Gasteiger charge is -1.78. The van der Waals surface area contributed by atoms with E-state index in [1.165, 1.54) is 6.08 Å². The molecular weight excluding hydrogens is 80.0 g/mol. The van der Waals surface area contributed by atoms with Gasteiger partial charge in [-0.05, 0) is 13.0 Å². The molecule has 2 radical (unpaired) electrons. The highest BCUT2D eigenvalue weighted by atomic mass is 16.5. The molecule has 0 saturated carbocycles. The van der Waals surface area contributed by atoms with Gasteiger partial charge >= 0.3 is 0 Å². The molecule has 0 heterocycles. The summed E-state index contributed by atoms with van der Waals surface area (Å²) in [7, 11) is 0. The Morgan fingerprint density at radius 2 is 2.00 bits per heavy atom. The first-order valence-corrected chi connectivity index (χ1v) is 1.72. The molecule has 0 amide bonds. The molecule has 0 unspecified atom stereocenters. The summed E-state index contributed by atoms with van der Waals surface area (Å²) in [5, 5.41) is 19.0. The van der Waals surface area contributed by atoms with Gasteiger partial charge in [0.1, 0.15) is 0 Å². The van der Waals surface area contributed by atoms with Crippen LogP contribution in [0.2, 0.25) is 0 Å². The lowest BCUT2D eigenvalue weighted by molar-refractivity contribution is -0.0992. The molecule has 2 nitrogen and oxygen atoms in total. The molecule has 0 fully saturated rings. The average Bonchev–Trinajstić information content (AvgIpc) is 1.35. The molecule has 0 saturated heterocycles. The van der Waals surface area contributed by atoms with Gasteiger partial charge in [-0.15, -0.1) is 0 Å². The van der Waals surface area contributed by atoms with Crippen molar-refractivity contribution in [2.24, 2.45) is 0 Å². The summed E-state index contributed by atoms with van der Waals surface area (Å²) in [6.07, 6.45) is 0.722. The van der Waals surface area contributed by atoms with Crippen LogP contribution in [-0.2, 0) is 10.2 Å². The highest BCUT2D eigenvalue weighted by molar-refractivity contribution is 4.77. The van der Waals surface area contributed by atoms with E-state index in [1.807, 2.05) is 0 Å². The molecule has 0 bridgehead atoms. The van der Waals surface area contributed by atoms with Crippen molar-refractivity contribution in [1.82, 2.24) is 0 Å². The zero-order chi connectivity index (χ0) is 4.99. The molecule has 0 aromatic rings. The van der Waals surface area contributed by atoms with Crippen molar-refractivity contribution in [2.45, 2.75) is 13.2 Å². The fourth-order valence-electron chi connectivity index (χ4n) is 0.157. The lowest BCUT2D eigenvalue weighted by atomic mass is 10.5. The normalized spacial score (nSPS) is 11.3. The van der Waals surface area contributed by atoms with E-state index < -0.39 is 6.29 Å². The Kier molecular flexibility index (Phi) is 2.71. The van der Waals surface area contributed by atoms with Crippen LogP contribution in [0.15, 0.2) is 12.2 Å². The predicted molar refractivity (Wildman–Crippen MR) is 20.0 cm³/mol. The molecule has 34 valence electrons. The highest BCUT2D eigenvalue weighted by Crippen LogP contribution is 1.77. The third kappa shape index (κ3) is 3.66. The third-order valence-electron chi connectivity index (χ3n) is 0.350. The van der Waals surface area contributed by atoms with Gasteiger partial charge in [0.05, 0.1) is 0 Å². The molecule has 0 N–H and O–H groups in total. The molecule has 2 heteroatoms. The van der Waals surface area contributed by atoms with E-state index >= 15 is 0 Å². The van der Waals surface area contributed by atoms with Crippen LogP contribution in [0.5, 0.6) is 0 Å². The van der Waals surface area contributed by atoms with E-state index in [0.29, 0.717) is 0 Å². The van der Waals surface area contributed by atoms with Crippen LogP contribution in [0, 0.1) is 0 Å². The summed E-state index contributed by atoms with van der Waals surface area (Å²) >= 11 is 0. The van der Waals surface area contributed by atoms with Gasteiger partial charge in [-0.1, -0.05) is 6.08 Å². The summed E-state index contributed by atoms with van der Waals surface area (Å²) in [5.41, 5.74) is 0. The standard InChI is InChI=1S/C4H6O2/c1-2-3-4(5)6/h2-4H,1H3/b3-2+. The van der Waals surface area contributed by atoms with E-state index in [0.717, 1.165) is 6.08 Å². The smallest absolute Gasteiger partial charge is 0.194 e. The maximum Gasteiger partial charge on any atom is 0.242 e. The maximum atomic E-state index is 9.48. The first kappa shape index (κ1) is 5.66. The van der Waals surface area contributed by atoms with Crippen molar-refractivity contribution in [3.8, 4) is 0 Å². The van der Waals surface area contributed by atoms with Crippen LogP contribution in [0.25, 0.3) is 0 Å². The Labute approximate surface area is 36.7 Å². The molecular formula is C4H6O2. The van der Waals surface area contributed by atoms with Crippen molar-refractivity contribution in [1.29, 1.82) is 0 Å². The van der Waals surface area contributed by atoms with Gasteiger partial charge in [0.15, 0.2) is 0 Å². The molecule has 0 aromatic heterocycles. The number of rotatable bonds is 1. The quantitative estimate of drug-likeness (QED) is 0.333. The third-order valence-corrected chi connectivity index (χ3v) is 0.350. The van der Waals surface area contributed by atoms with Gasteiger partial charge in [-0.3, -0.25) is 0 Å². The van der Waals surface area contributed by atoms with Gasteiger partial charge < -0.3 is 0 Å². The van der Waals surface area contributed by atoms with Crippen LogP contribution in [0.4, 0.5) is 0 Å². The lowest BCUT2D eigenvalue weighted by Crippen LogP contribution is -1.90. The maximum absolute atomic E-state index is 9.48. The van der Waals surface area contributed by atoms with Crippen molar-refractivity contribution < 1.29 is 10.2 Å². The minimum Gasteiger partial charge on any atom is -0.194 e. The molecule has 0 aliphatic rings. The fraction of sp³-hybridized carbons (Fsp3) is 0.500. The molecule has 0 atom stereocenters. The topological polar surface area (TPSA) is 39.8 Å². The Morgan fingerprint density at radius 1 is 1.50 bits per heavy atom. The van der Waals surface area contributed by atoms with Crippen LogP contribution < -0.4 is 0 Å². The monoisotopic (exact) mass is 86.0 g/mol. The first-order chi connectivity index (χ1) is 2.77. The van der Waals surface area contributed by atoms with Crippen LogP contribution >= 0.6 is 0 Å². The Morgan fingerprint density at radius 3 is 2.00 bits per heavy atom. The first-order valence-electron chi connectivity index (χ1n) is 1.72. The largest absolute Gasteiger partial charge is 0.242 e. The van der Waals surface area contributed by atoms with E-state index in [9.17, 15) is 10.2 Å². The van der Waals surface area contributed by atoms with Gasteiger partial charge in [-0.25, -0.2) is 0 Å². The second-order valence-corrected chi connectivity index (χ2v) is 0.894. The van der Waals surface area contributed by atoms with Gasteiger partial charge in [-0.2, -0.15) is 10.2 Å². The molecule has 0 aromatic carbocycles. The second kappa shape index (κ2) is 2.87. The van der Waals surface area contributed by atoms with Gasteiger partial charge in [0.25, 0.3) is 0 Å². The van der Waals surface area contributed by atoms with Crippen LogP contribution in [-0.4, -0.2) is 6.29 Å². The number of allylic oxidation sites excluding steroid dienone is 1. The van der Waals surface area contributed by atoms with Crippen molar-refractivity contribution in [3.63, 3.8) is 0 Å². The van der Waals surface area contributed by atoms with Crippen molar-refractivity contribution in [3.05, 3.63) is 12.2 Å². The summed E-state index contributed by atoms with van der Waals surface area (Å²) in [6, 6.07) is 0.